The summed E-state index contributed by atoms with van der Waals surface area (Å²) in [5.74, 6) is 1.14. The van der Waals surface area contributed by atoms with Crippen LogP contribution in [0.3, 0.4) is 0 Å². The molecular formula is C19H23FN4O2. The largest absolute Gasteiger partial charge is 0.378 e. The Morgan fingerprint density at radius 3 is 2.69 bits per heavy atom. The molecule has 2 aliphatic heterocycles. The van der Waals surface area contributed by atoms with Gasteiger partial charge < -0.3 is 14.5 Å². The number of carbonyl (C=O) groups is 1. The number of piperidine rings is 1. The van der Waals surface area contributed by atoms with Gasteiger partial charge in [-0.15, -0.1) is 0 Å². The highest BCUT2D eigenvalue weighted by Gasteiger charge is 2.26. The first-order valence-corrected chi connectivity index (χ1v) is 9.21. The van der Waals surface area contributed by atoms with Crippen molar-refractivity contribution in [1.82, 2.24) is 14.9 Å². The van der Waals surface area contributed by atoms with E-state index in [-0.39, 0.29) is 11.7 Å². The van der Waals surface area contributed by atoms with Crippen molar-refractivity contribution in [2.45, 2.75) is 19.3 Å². The predicted molar refractivity (Wildman–Crippen MR) is 96.4 cm³/mol. The fourth-order valence-electron chi connectivity index (χ4n) is 3.80. The zero-order valence-electron chi connectivity index (χ0n) is 14.7. The van der Waals surface area contributed by atoms with Crippen molar-refractivity contribution < 1.29 is 13.9 Å². The molecule has 2 fully saturated rings. The van der Waals surface area contributed by atoms with E-state index in [1.165, 1.54) is 18.5 Å². The van der Waals surface area contributed by atoms with E-state index in [1.54, 1.807) is 6.07 Å². The SMILES string of the molecule is O=C(CC1CCN(c2ncnc3ccc(F)cc23)CC1)N1CCOCC1. The quantitative estimate of drug-likeness (QED) is 0.842. The lowest BCUT2D eigenvalue weighted by Gasteiger charge is -2.34. The maximum atomic E-state index is 13.6. The monoisotopic (exact) mass is 358 g/mol. The molecule has 6 nitrogen and oxygen atoms in total. The van der Waals surface area contributed by atoms with E-state index in [2.05, 4.69) is 14.9 Å². The van der Waals surface area contributed by atoms with Crippen molar-refractivity contribution in [1.29, 1.82) is 0 Å². The number of anilines is 1. The third-order valence-corrected chi connectivity index (χ3v) is 5.32. The lowest BCUT2D eigenvalue weighted by atomic mass is 9.92. The molecule has 2 saturated heterocycles. The third kappa shape index (κ3) is 3.62. The summed E-state index contributed by atoms with van der Waals surface area (Å²) < 4.78 is 18.9. The lowest BCUT2D eigenvalue weighted by molar-refractivity contribution is -0.136. The second-order valence-electron chi connectivity index (χ2n) is 6.99. The number of rotatable bonds is 3. The third-order valence-electron chi connectivity index (χ3n) is 5.32. The number of hydrogen-bond donors (Lipinski definition) is 0. The first-order chi connectivity index (χ1) is 12.7. The van der Waals surface area contributed by atoms with Crippen LogP contribution in [0.1, 0.15) is 19.3 Å². The number of benzene rings is 1. The predicted octanol–water partition coefficient (Wildman–Crippen LogP) is 2.23. The van der Waals surface area contributed by atoms with Crippen LogP contribution in [-0.2, 0) is 9.53 Å². The van der Waals surface area contributed by atoms with Crippen LogP contribution in [-0.4, -0.2) is 60.2 Å². The molecule has 0 N–H and O–H groups in total. The van der Waals surface area contributed by atoms with Gasteiger partial charge in [-0.05, 0) is 37.0 Å². The van der Waals surface area contributed by atoms with Gasteiger partial charge in [0.15, 0.2) is 0 Å². The smallest absolute Gasteiger partial charge is 0.223 e. The first kappa shape index (κ1) is 17.1. The van der Waals surface area contributed by atoms with Gasteiger partial charge in [-0.2, -0.15) is 0 Å². The average molecular weight is 358 g/mol. The minimum Gasteiger partial charge on any atom is -0.378 e. The Balaban J connectivity index is 1.39. The normalized spacial score (nSPS) is 19.1. The summed E-state index contributed by atoms with van der Waals surface area (Å²) in [6.07, 6.45) is 4.02. The van der Waals surface area contributed by atoms with Gasteiger partial charge in [0, 0.05) is 38.0 Å². The van der Waals surface area contributed by atoms with Crippen molar-refractivity contribution in [3.05, 3.63) is 30.3 Å². The van der Waals surface area contributed by atoms with Crippen LogP contribution in [0.15, 0.2) is 24.5 Å². The van der Waals surface area contributed by atoms with Crippen LogP contribution < -0.4 is 4.90 Å². The molecule has 4 rings (SSSR count). The fourth-order valence-corrected chi connectivity index (χ4v) is 3.80. The number of nitrogens with zero attached hydrogens (tertiary/aromatic N) is 4. The number of amides is 1. The van der Waals surface area contributed by atoms with Crippen molar-refractivity contribution in [3.8, 4) is 0 Å². The van der Waals surface area contributed by atoms with Crippen LogP contribution in [0.5, 0.6) is 0 Å². The summed E-state index contributed by atoms with van der Waals surface area (Å²) in [5.41, 5.74) is 0.751. The van der Waals surface area contributed by atoms with E-state index >= 15 is 0 Å². The highest BCUT2D eigenvalue weighted by Crippen LogP contribution is 2.29. The second kappa shape index (κ2) is 7.53. The number of hydrogen-bond acceptors (Lipinski definition) is 5. The van der Waals surface area contributed by atoms with E-state index in [1.807, 2.05) is 4.90 Å². The molecule has 1 aromatic heterocycles. The van der Waals surface area contributed by atoms with Crippen LogP contribution in [0.4, 0.5) is 10.2 Å². The Kier molecular flexibility index (Phi) is 4.97. The molecule has 0 unspecified atom stereocenters. The average Bonchev–Trinajstić information content (AvgIpc) is 2.69. The van der Waals surface area contributed by atoms with Crippen molar-refractivity contribution in [2.24, 2.45) is 5.92 Å². The number of aromatic nitrogens is 2. The number of carbonyl (C=O) groups excluding carboxylic acids is 1. The highest BCUT2D eigenvalue weighted by molar-refractivity contribution is 5.89. The Morgan fingerprint density at radius 1 is 1.15 bits per heavy atom. The highest BCUT2D eigenvalue weighted by atomic mass is 19.1. The van der Waals surface area contributed by atoms with Crippen LogP contribution in [0, 0.1) is 11.7 Å². The van der Waals surface area contributed by atoms with Crippen LogP contribution >= 0.6 is 0 Å². The molecular weight excluding hydrogens is 335 g/mol. The molecule has 0 saturated carbocycles. The number of ether oxygens (including phenoxy) is 1. The maximum Gasteiger partial charge on any atom is 0.223 e. The molecule has 0 bridgehead atoms. The summed E-state index contributed by atoms with van der Waals surface area (Å²) in [6, 6.07) is 4.60. The summed E-state index contributed by atoms with van der Waals surface area (Å²) in [4.78, 5) is 25.1. The molecule has 0 spiro atoms. The molecule has 0 radical (unpaired) electrons. The standard InChI is InChI=1S/C19H23FN4O2/c20-15-1-2-17-16(12-15)19(22-13-21-17)24-5-3-14(4-6-24)11-18(25)23-7-9-26-10-8-23/h1-2,12-14H,3-11H2. The van der Waals surface area contributed by atoms with E-state index < -0.39 is 0 Å². The number of fused-ring (bicyclic) bond motifs is 1. The van der Waals surface area contributed by atoms with Crippen LogP contribution in [0.2, 0.25) is 0 Å². The topological polar surface area (TPSA) is 58.6 Å². The summed E-state index contributed by atoms with van der Waals surface area (Å²) in [5, 5.41) is 0.746. The molecule has 138 valence electrons. The Morgan fingerprint density at radius 2 is 1.92 bits per heavy atom. The van der Waals surface area contributed by atoms with Gasteiger partial charge in [0.25, 0.3) is 0 Å². The van der Waals surface area contributed by atoms with Gasteiger partial charge in [-0.1, -0.05) is 0 Å². The molecule has 26 heavy (non-hydrogen) atoms. The molecule has 0 atom stereocenters. The Labute approximate surface area is 152 Å². The molecule has 2 aromatic rings. The van der Waals surface area contributed by atoms with E-state index in [0.717, 1.165) is 42.7 Å². The molecule has 2 aliphatic rings. The van der Waals surface area contributed by atoms with Crippen LogP contribution in [0.25, 0.3) is 10.9 Å². The van der Waals surface area contributed by atoms with E-state index in [4.69, 9.17) is 4.74 Å². The lowest BCUT2D eigenvalue weighted by Crippen LogP contribution is -2.42. The molecule has 0 aliphatic carbocycles. The van der Waals surface area contributed by atoms with Crippen molar-refractivity contribution in [3.63, 3.8) is 0 Å². The molecule has 1 amide bonds. The fraction of sp³-hybridized carbons (Fsp3) is 0.526. The van der Waals surface area contributed by atoms with Crippen molar-refractivity contribution in [2.75, 3.05) is 44.3 Å². The Bertz CT molecular complexity index is 786. The van der Waals surface area contributed by atoms with Gasteiger partial charge in [0.1, 0.15) is 18.0 Å². The molecule has 1 aromatic carbocycles. The zero-order chi connectivity index (χ0) is 17.9. The van der Waals surface area contributed by atoms with Crippen molar-refractivity contribution >= 4 is 22.6 Å². The molecule has 3 heterocycles. The summed E-state index contributed by atoms with van der Waals surface area (Å²) >= 11 is 0. The van der Waals surface area contributed by atoms with Gasteiger partial charge in [0.05, 0.1) is 18.7 Å². The van der Waals surface area contributed by atoms with E-state index in [0.29, 0.717) is 38.6 Å². The minimum absolute atomic E-state index is 0.237. The van der Waals surface area contributed by atoms with Gasteiger partial charge in [-0.25, -0.2) is 14.4 Å². The van der Waals surface area contributed by atoms with Gasteiger partial charge in [-0.3, -0.25) is 4.79 Å². The number of halogens is 1. The summed E-state index contributed by atoms with van der Waals surface area (Å²) in [6.45, 7) is 4.34. The minimum atomic E-state index is -0.278. The molecule has 7 heteroatoms. The van der Waals surface area contributed by atoms with Gasteiger partial charge >= 0.3 is 0 Å². The summed E-state index contributed by atoms with van der Waals surface area (Å²) in [7, 11) is 0. The first-order valence-electron chi connectivity index (χ1n) is 9.21. The van der Waals surface area contributed by atoms with E-state index in [9.17, 15) is 9.18 Å². The zero-order valence-corrected chi connectivity index (χ0v) is 14.7. The number of morpholine rings is 1. The second-order valence-corrected chi connectivity index (χ2v) is 6.99. The maximum absolute atomic E-state index is 13.6. The van der Waals surface area contributed by atoms with Gasteiger partial charge in [0.2, 0.25) is 5.91 Å². The Hall–Kier alpha value is -2.28.